The van der Waals surface area contributed by atoms with Gasteiger partial charge in [-0.15, -0.1) is 0 Å². The molecule has 1 atom stereocenters. The largest absolute Gasteiger partial charge is 0.359 e. The Morgan fingerprint density at radius 2 is 1.91 bits per heavy atom. The number of hydrogen-bond acceptors (Lipinski definition) is 8. The van der Waals surface area contributed by atoms with Crippen molar-refractivity contribution in [2.45, 2.75) is 69.1 Å². The Morgan fingerprint density at radius 1 is 1.18 bits per heavy atom. The van der Waals surface area contributed by atoms with Gasteiger partial charge in [-0.1, -0.05) is 50.7 Å². The second-order valence-corrected chi connectivity index (χ2v) is 12.4. The molecular formula is C24H31N5O3S2. The van der Waals surface area contributed by atoms with E-state index in [9.17, 15) is 8.42 Å². The molecule has 0 amide bonds. The van der Waals surface area contributed by atoms with Crippen LogP contribution in [-0.2, 0) is 28.4 Å². The van der Waals surface area contributed by atoms with E-state index in [4.69, 9.17) is 4.52 Å². The molecular weight excluding hydrogens is 470 g/mol. The van der Waals surface area contributed by atoms with Crippen molar-refractivity contribution in [1.82, 2.24) is 20.0 Å². The quantitative estimate of drug-likeness (QED) is 0.364. The minimum Gasteiger partial charge on any atom is -0.359 e. The number of benzene rings is 1. The number of nitrogens with one attached hydrogen (secondary N) is 1. The molecule has 4 rings (SSSR count). The standard InChI is InChI=1S/C24H31N5O3S2/c1-6-33-23-25-13-19(14-26-23)16(2)29-10-9-17-7-8-20(11-18(17)15-29)34(30,31)28-22-12-21(32-27-22)24(3,4)5/h7-8,11-14,16H,6,9-10,15H2,1-5H3,(H,27,28). The zero-order chi connectivity index (χ0) is 24.5. The Morgan fingerprint density at radius 3 is 2.56 bits per heavy atom. The monoisotopic (exact) mass is 501 g/mol. The van der Waals surface area contributed by atoms with Crippen LogP contribution in [0.15, 0.2) is 51.2 Å². The van der Waals surface area contributed by atoms with Crippen molar-refractivity contribution in [3.8, 4) is 0 Å². The summed E-state index contributed by atoms with van der Waals surface area (Å²) in [4.78, 5) is 11.4. The van der Waals surface area contributed by atoms with Crippen LogP contribution in [0.1, 0.15) is 63.1 Å². The maximum Gasteiger partial charge on any atom is 0.263 e. The molecule has 0 saturated heterocycles. The summed E-state index contributed by atoms with van der Waals surface area (Å²) >= 11 is 1.62. The first-order valence-electron chi connectivity index (χ1n) is 11.4. The van der Waals surface area contributed by atoms with Crippen molar-refractivity contribution in [2.24, 2.45) is 0 Å². The third-order valence-corrected chi connectivity index (χ3v) is 8.08. The third kappa shape index (κ3) is 5.45. The van der Waals surface area contributed by atoms with E-state index >= 15 is 0 Å². The van der Waals surface area contributed by atoms with E-state index in [-0.39, 0.29) is 22.2 Å². The summed E-state index contributed by atoms with van der Waals surface area (Å²) in [5.41, 5.74) is 2.97. The van der Waals surface area contributed by atoms with Crippen molar-refractivity contribution in [3.63, 3.8) is 0 Å². The van der Waals surface area contributed by atoms with E-state index in [1.165, 1.54) is 5.56 Å². The lowest BCUT2D eigenvalue weighted by atomic mass is 9.93. The molecule has 1 unspecified atom stereocenters. The predicted molar refractivity (Wildman–Crippen MR) is 133 cm³/mol. The van der Waals surface area contributed by atoms with Crippen molar-refractivity contribution < 1.29 is 12.9 Å². The Kier molecular flexibility index (Phi) is 7.02. The van der Waals surface area contributed by atoms with Gasteiger partial charge < -0.3 is 4.52 Å². The average Bonchev–Trinajstić information content (AvgIpc) is 3.27. The zero-order valence-corrected chi connectivity index (χ0v) is 21.8. The molecule has 2 aromatic heterocycles. The zero-order valence-electron chi connectivity index (χ0n) is 20.2. The maximum absolute atomic E-state index is 13.0. The van der Waals surface area contributed by atoms with Crippen LogP contribution in [0.2, 0.25) is 0 Å². The molecule has 0 radical (unpaired) electrons. The van der Waals surface area contributed by atoms with Gasteiger partial charge in [0, 0.05) is 48.6 Å². The number of thioether (sulfide) groups is 1. The molecule has 0 bridgehead atoms. The van der Waals surface area contributed by atoms with Gasteiger partial charge in [0.1, 0.15) is 5.76 Å². The molecule has 1 aliphatic heterocycles. The highest BCUT2D eigenvalue weighted by Crippen LogP contribution is 2.30. The summed E-state index contributed by atoms with van der Waals surface area (Å²) in [6.45, 7) is 11.7. The molecule has 0 fully saturated rings. The summed E-state index contributed by atoms with van der Waals surface area (Å²) in [7, 11) is -3.79. The summed E-state index contributed by atoms with van der Waals surface area (Å²) in [5, 5.41) is 4.66. The maximum atomic E-state index is 13.0. The molecule has 34 heavy (non-hydrogen) atoms. The summed E-state index contributed by atoms with van der Waals surface area (Å²) in [6.07, 6.45) is 4.63. The third-order valence-electron chi connectivity index (χ3n) is 5.97. The molecule has 8 nitrogen and oxygen atoms in total. The molecule has 3 aromatic rings. The fraction of sp³-hybridized carbons (Fsp3) is 0.458. The lowest BCUT2D eigenvalue weighted by Crippen LogP contribution is -2.33. The molecule has 182 valence electrons. The number of nitrogens with zero attached hydrogens (tertiary/aromatic N) is 4. The topological polar surface area (TPSA) is 101 Å². The van der Waals surface area contributed by atoms with Crippen molar-refractivity contribution in [1.29, 1.82) is 0 Å². The van der Waals surface area contributed by atoms with Crippen LogP contribution in [0, 0.1) is 0 Å². The van der Waals surface area contributed by atoms with Crippen LogP contribution in [0.5, 0.6) is 0 Å². The highest BCUT2D eigenvalue weighted by atomic mass is 32.2. The van der Waals surface area contributed by atoms with Gasteiger partial charge in [0.25, 0.3) is 10.0 Å². The molecule has 1 N–H and O–H groups in total. The van der Waals surface area contributed by atoms with Gasteiger partial charge in [-0.05, 0) is 42.4 Å². The van der Waals surface area contributed by atoms with Gasteiger partial charge in [-0.25, -0.2) is 18.4 Å². The highest BCUT2D eigenvalue weighted by molar-refractivity contribution is 7.99. The van der Waals surface area contributed by atoms with Crippen LogP contribution in [-0.4, -0.2) is 40.7 Å². The van der Waals surface area contributed by atoms with E-state index in [2.05, 4.69) is 38.6 Å². The predicted octanol–water partition coefficient (Wildman–Crippen LogP) is 4.79. The van der Waals surface area contributed by atoms with Crippen LogP contribution in [0.4, 0.5) is 5.82 Å². The number of anilines is 1. The van der Waals surface area contributed by atoms with Crippen LogP contribution < -0.4 is 4.72 Å². The minimum absolute atomic E-state index is 0.123. The van der Waals surface area contributed by atoms with Gasteiger partial charge in [0.05, 0.1) is 4.90 Å². The normalized spacial score (nSPS) is 15.7. The molecule has 1 aromatic carbocycles. The second-order valence-electron chi connectivity index (χ2n) is 9.49. The van der Waals surface area contributed by atoms with E-state index in [0.717, 1.165) is 35.0 Å². The number of rotatable bonds is 7. The van der Waals surface area contributed by atoms with E-state index in [1.54, 1.807) is 30.0 Å². The fourth-order valence-electron chi connectivity index (χ4n) is 3.88. The van der Waals surface area contributed by atoms with Crippen molar-refractivity contribution in [2.75, 3.05) is 17.0 Å². The van der Waals surface area contributed by atoms with Crippen LogP contribution >= 0.6 is 11.8 Å². The lowest BCUT2D eigenvalue weighted by Gasteiger charge is -2.34. The minimum atomic E-state index is -3.79. The van der Waals surface area contributed by atoms with Crippen LogP contribution in [0.25, 0.3) is 0 Å². The highest BCUT2D eigenvalue weighted by Gasteiger charge is 2.26. The second kappa shape index (κ2) is 9.67. The van der Waals surface area contributed by atoms with Crippen molar-refractivity contribution in [3.05, 3.63) is 59.1 Å². The molecule has 0 saturated carbocycles. The summed E-state index contributed by atoms with van der Waals surface area (Å²) < 4.78 is 33.9. The SMILES string of the molecule is CCSc1ncc(C(C)N2CCc3ccc(S(=O)(=O)Nc4cc(C(C)(C)C)on4)cc3C2)cn1. The van der Waals surface area contributed by atoms with Gasteiger partial charge in [0.2, 0.25) is 0 Å². The first-order chi connectivity index (χ1) is 16.1. The van der Waals surface area contributed by atoms with Gasteiger partial charge >= 0.3 is 0 Å². The molecule has 3 heterocycles. The smallest absolute Gasteiger partial charge is 0.263 e. The first kappa shape index (κ1) is 24.7. The number of sulfonamides is 1. The lowest BCUT2D eigenvalue weighted by molar-refractivity contribution is 0.191. The Labute approximate surface area is 205 Å². The van der Waals surface area contributed by atoms with Gasteiger partial charge in [-0.3, -0.25) is 9.62 Å². The van der Waals surface area contributed by atoms with Gasteiger partial charge in [-0.2, -0.15) is 0 Å². The first-order valence-corrected chi connectivity index (χ1v) is 13.8. The Balaban J connectivity index is 1.50. The summed E-state index contributed by atoms with van der Waals surface area (Å²) in [6, 6.07) is 7.08. The number of aromatic nitrogens is 3. The molecule has 0 spiro atoms. The van der Waals surface area contributed by atoms with Gasteiger partial charge in [0.15, 0.2) is 11.0 Å². The number of hydrogen-bond donors (Lipinski definition) is 1. The molecule has 10 heteroatoms. The fourth-order valence-corrected chi connectivity index (χ4v) is 5.43. The molecule has 0 aliphatic carbocycles. The van der Waals surface area contributed by atoms with E-state index in [1.807, 2.05) is 39.2 Å². The number of fused-ring (bicyclic) bond motifs is 1. The average molecular weight is 502 g/mol. The summed E-state index contributed by atoms with van der Waals surface area (Å²) in [5.74, 6) is 1.74. The van der Waals surface area contributed by atoms with E-state index < -0.39 is 10.0 Å². The molecule has 1 aliphatic rings. The van der Waals surface area contributed by atoms with Crippen LogP contribution in [0.3, 0.4) is 0 Å². The van der Waals surface area contributed by atoms with Crippen molar-refractivity contribution >= 4 is 27.6 Å². The van der Waals surface area contributed by atoms with E-state index in [0.29, 0.717) is 12.3 Å². The Bertz CT molecular complexity index is 1250. The Hall–Kier alpha value is -2.43.